The van der Waals surface area contributed by atoms with Crippen LogP contribution in [0.3, 0.4) is 0 Å². The van der Waals surface area contributed by atoms with E-state index in [0.717, 1.165) is 5.75 Å². The van der Waals surface area contributed by atoms with Gasteiger partial charge in [-0.15, -0.1) is 0 Å². The third-order valence-electron chi connectivity index (χ3n) is 1.43. The van der Waals surface area contributed by atoms with E-state index in [2.05, 4.69) is 34.3 Å². The maximum Gasteiger partial charge on any atom is 0.118 e. The molecule has 0 saturated carbocycles. The lowest BCUT2D eigenvalue weighted by Crippen LogP contribution is -1.94. The van der Waals surface area contributed by atoms with Gasteiger partial charge in [0.05, 0.1) is 7.11 Å². The highest BCUT2D eigenvalue weighted by molar-refractivity contribution is 9.40. The van der Waals surface area contributed by atoms with Gasteiger partial charge in [-0.25, -0.2) is 0 Å². The number of halogens is 1. The fourth-order valence-electron chi connectivity index (χ4n) is 0.788. The van der Waals surface area contributed by atoms with E-state index >= 15 is 0 Å². The van der Waals surface area contributed by atoms with Crippen molar-refractivity contribution in [3.8, 4) is 5.75 Å². The Morgan fingerprint density at radius 1 is 1.27 bits per heavy atom. The van der Waals surface area contributed by atoms with Crippen LogP contribution in [-0.4, -0.2) is 13.8 Å². The molecule has 0 aliphatic carbocycles. The number of hydrogen-bond donors (Lipinski definition) is 0. The largest absolute Gasteiger partial charge is 0.497 e. The van der Waals surface area contributed by atoms with Crippen molar-refractivity contribution in [2.24, 2.45) is 0 Å². The van der Waals surface area contributed by atoms with Gasteiger partial charge in [0.1, 0.15) is 5.75 Å². The summed E-state index contributed by atoms with van der Waals surface area (Å²) in [4.78, 5) is 0. The van der Waals surface area contributed by atoms with Crippen molar-refractivity contribution in [2.45, 2.75) is 0 Å². The monoisotopic (exact) mass is 232 g/mol. The summed E-state index contributed by atoms with van der Waals surface area (Å²) in [7, 11) is 1.68. The first-order chi connectivity index (χ1) is 5.24. The molecule has 1 rings (SSSR count). The van der Waals surface area contributed by atoms with Gasteiger partial charge in [0.25, 0.3) is 0 Å². The minimum atomic E-state index is -0.156. The molecule has 1 aromatic carbocycles. The molecule has 0 fully saturated rings. The van der Waals surface area contributed by atoms with Crippen LogP contribution in [0.15, 0.2) is 24.3 Å². The number of methoxy groups -OCH3 is 1. The van der Waals surface area contributed by atoms with Crippen LogP contribution in [0.4, 0.5) is 0 Å². The molecule has 0 radical (unpaired) electrons. The van der Waals surface area contributed by atoms with E-state index < -0.39 is 0 Å². The molecule has 0 aliphatic rings. The first-order valence-electron chi connectivity index (χ1n) is 3.27. The molecule has 1 aromatic rings. The van der Waals surface area contributed by atoms with Crippen molar-refractivity contribution >= 4 is 27.4 Å². The lowest BCUT2D eigenvalue weighted by atomic mass is 10.3. The normalized spacial score (nSPS) is 12.6. The summed E-state index contributed by atoms with van der Waals surface area (Å²) >= 11 is 3.55. The van der Waals surface area contributed by atoms with E-state index in [1.54, 1.807) is 7.11 Å². The molecule has 3 heteroatoms. The Labute approximate surface area is 76.3 Å². The van der Waals surface area contributed by atoms with Crippen LogP contribution in [-0.2, 0) is 0 Å². The molecule has 1 unspecified atom stereocenters. The van der Waals surface area contributed by atoms with E-state index in [-0.39, 0.29) is 6.62 Å². The lowest BCUT2D eigenvalue weighted by Gasteiger charge is -2.04. The summed E-state index contributed by atoms with van der Waals surface area (Å²) in [6, 6.07) is 8.13. The molecule has 11 heavy (non-hydrogen) atoms. The van der Waals surface area contributed by atoms with Crippen molar-refractivity contribution in [1.82, 2.24) is 0 Å². The van der Waals surface area contributed by atoms with Crippen LogP contribution in [0.2, 0.25) is 0 Å². The Balaban J connectivity index is 2.83. The van der Waals surface area contributed by atoms with Crippen molar-refractivity contribution < 1.29 is 4.74 Å². The first kappa shape index (κ1) is 9.02. The minimum absolute atomic E-state index is 0.156. The van der Waals surface area contributed by atoms with Crippen LogP contribution < -0.4 is 10.0 Å². The second-order valence-corrected chi connectivity index (χ2v) is 6.84. The minimum Gasteiger partial charge on any atom is -0.497 e. The quantitative estimate of drug-likeness (QED) is 0.713. The molecule has 0 saturated heterocycles. The average molecular weight is 233 g/mol. The third-order valence-corrected chi connectivity index (χ3v) is 3.67. The van der Waals surface area contributed by atoms with Gasteiger partial charge in [-0.05, 0) is 30.7 Å². The van der Waals surface area contributed by atoms with E-state index in [4.69, 9.17) is 4.74 Å². The number of hydrogen-bond acceptors (Lipinski definition) is 1. The molecule has 0 aromatic heterocycles. The van der Waals surface area contributed by atoms with Crippen molar-refractivity contribution in [2.75, 3.05) is 13.8 Å². The summed E-state index contributed by atoms with van der Waals surface area (Å²) in [6.07, 6.45) is 0. The molecule has 60 valence electrons. The third kappa shape index (κ3) is 2.46. The SMILES string of the molecule is COc1ccc(P(C)Br)cc1. The highest BCUT2D eigenvalue weighted by Crippen LogP contribution is 2.38. The predicted molar refractivity (Wildman–Crippen MR) is 54.4 cm³/mol. The smallest absolute Gasteiger partial charge is 0.118 e. The fraction of sp³-hybridized carbons (Fsp3) is 0.250. The van der Waals surface area contributed by atoms with Crippen molar-refractivity contribution in [3.05, 3.63) is 24.3 Å². The number of ether oxygens (including phenoxy) is 1. The van der Waals surface area contributed by atoms with Crippen molar-refractivity contribution in [3.63, 3.8) is 0 Å². The standard InChI is InChI=1S/C8H10BrOP/c1-10-7-3-5-8(6-4-7)11(2)9/h3-6H,1-2H3. The summed E-state index contributed by atoms with van der Waals surface area (Å²) in [6.45, 7) is 2.01. The van der Waals surface area contributed by atoms with Gasteiger partial charge in [-0.2, -0.15) is 0 Å². The number of rotatable bonds is 2. The zero-order valence-electron chi connectivity index (χ0n) is 6.54. The van der Waals surface area contributed by atoms with Gasteiger partial charge < -0.3 is 4.74 Å². The van der Waals surface area contributed by atoms with Gasteiger partial charge in [0.2, 0.25) is 0 Å². The van der Waals surface area contributed by atoms with Crippen LogP contribution in [0.1, 0.15) is 0 Å². The zero-order chi connectivity index (χ0) is 8.27. The van der Waals surface area contributed by atoms with E-state index in [9.17, 15) is 0 Å². The summed E-state index contributed by atoms with van der Waals surface area (Å²) in [5.74, 6) is 0.915. The van der Waals surface area contributed by atoms with Gasteiger partial charge in [-0.1, -0.05) is 27.6 Å². The molecule has 0 amide bonds. The van der Waals surface area contributed by atoms with Crippen LogP contribution in [0, 0.1) is 0 Å². The van der Waals surface area contributed by atoms with E-state index in [0.29, 0.717) is 0 Å². The first-order valence-corrected chi connectivity index (χ1v) is 7.08. The Bertz CT molecular complexity index is 220. The molecule has 1 nitrogen and oxygen atoms in total. The van der Waals surface area contributed by atoms with Gasteiger partial charge in [-0.3, -0.25) is 0 Å². The fourth-order valence-corrected chi connectivity index (χ4v) is 2.06. The average Bonchev–Trinajstić information content (AvgIpc) is 2.05. The van der Waals surface area contributed by atoms with Crippen LogP contribution in [0.25, 0.3) is 0 Å². The Kier molecular flexibility index (Phi) is 3.35. The maximum absolute atomic E-state index is 5.04. The van der Waals surface area contributed by atoms with Gasteiger partial charge in [0, 0.05) is 0 Å². The summed E-state index contributed by atoms with van der Waals surface area (Å²) in [5, 5.41) is 1.33. The molecule has 0 aliphatic heterocycles. The Hall–Kier alpha value is -0.0700. The lowest BCUT2D eigenvalue weighted by molar-refractivity contribution is 0.415. The van der Waals surface area contributed by atoms with Gasteiger partial charge in [0.15, 0.2) is 0 Å². The zero-order valence-corrected chi connectivity index (χ0v) is 9.02. The molecule has 1 atom stereocenters. The highest BCUT2D eigenvalue weighted by atomic mass is 79.9. The molecule has 0 spiro atoms. The number of benzene rings is 1. The highest BCUT2D eigenvalue weighted by Gasteiger charge is 1.98. The second-order valence-electron chi connectivity index (χ2n) is 2.18. The molecule has 0 bridgehead atoms. The van der Waals surface area contributed by atoms with Crippen molar-refractivity contribution in [1.29, 1.82) is 0 Å². The predicted octanol–water partition coefficient (Wildman–Crippen LogP) is 2.74. The van der Waals surface area contributed by atoms with E-state index in [1.807, 2.05) is 12.1 Å². The second kappa shape index (κ2) is 4.08. The molecule has 0 N–H and O–H groups in total. The topological polar surface area (TPSA) is 9.23 Å². The maximum atomic E-state index is 5.04. The Morgan fingerprint density at radius 3 is 2.18 bits per heavy atom. The van der Waals surface area contributed by atoms with Crippen LogP contribution in [0.5, 0.6) is 5.75 Å². The summed E-state index contributed by atoms with van der Waals surface area (Å²) in [5.41, 5.74) is 0. The van der Waals surface area contributed by atoms with Gasteiger partial charge >= 0.3 is 0 Å². The Morgan fingerprint density at radius 2 is 1.82 bits per heavy atom. The molecule has 0 heterocycles. The molecular weight excluding hydrogens is 223 g/mol. The van der Waals surface area contributed by atoms with Crippen LogP contribution >= 0.6 is 22.1 Å². The van der Waals surface area contributed by atoms with E-state index in [1.165, 1.54) is 5.30 Å². The molecular formula is C8H10BrOP. The summed E-state index contributed by atoms with van der Waals surface area (Å²) < 4.78 is 5.04.